The molecule has 0 saturated carbocycles. The summed E-state index contributed by atoms with van der Waals surface area (Å²) < 4.78 is 27.1. The number of amides is 2. The second-order valence-corrected chi connectivity index (χ2v) is 11.7. The molecule has 238 valence electrons. The van der Waals surface area contributed by atoms with E-state index in [1.807, 2.05) is 39.0 Å². The monoisotopic (exact) mass is 610 g/mol. The Bertz CT molecular complexity index is 1370. The zero-order chi connectivity index (χ0) is 31.7. The van der Waals surface area contributed by atoms with Crippen molar-refractivity contribution >= 4 is 29.9 Å². The molecule has 44 heavy (non-hydrogen) atoms. The van der Waals surface area contributed by atoms with Gasteiger partial charge in [-0.15, -0.1) is 0 Å². The lowest BCUT2D eigenvalue weighted by molar-refractivity contribution is -0.120. The molecule has 2 aromatic rings. The molecule has 0 radical (unpaired) electrons. The molecule has 0 aromatic carbocycles. The van der Waals surface area contributed by atoms with Crippen LogP contribution in [0.3, 0.4) is 0 Å². The third-order valence-electron chi connectivity index (χ3n) is 7.17. The topological polar surface area (TPSA) is 138 Å². The Morgan fingerprint density at radius 2 is 1.75 bits per heavy atom. The molecule has 0 unspecified atom stereocenters. The van der Waals surface area contributed by atoms with E-state index in [2.05, 4.69) is 15.3 Å². The first kappa shape index (κ1) is 33.0. The van der Waals surface area contributed by atoms with E-state index in [4.69, 9.17) is 23.7 Å². The summed E-state index contributed by atoms with van der Waals surface area (Å²) in [7, 11) is 1.67. The number of hydrogen-bond acceptors (Lipinski definition) is 10. The maximum absolute atomic E-state index is 13.2. The van der Waals surface area contributed by atoms with Gasteiger partial charge in [-0.05, 0) is 57.4 Å². The smallest absolute Gasteiger partial charge is 0.410 e. The summed E-state index contributed by atoms with van der Waals surface area (Å²) in [5.41, 5.74) is 2.40. The second kappa shape index (κ2) is 14.7. The molecule has 1 N–H and O–H groups in total. The summed E-state index contributed by atoms with van der Waals surface area (Å²) >= 11 is 0. The number of nitrogens with zero attached hydrogens (tertiary/aromatic N) is 3. The zero-order valence-corrected chi connectivity index (χ0v) is 26.1. The number of carbonyl (C=O) groups is 3. The molecule has 3 heterocycles. The van der Waals surface area contributed by atoms with Gasteiger partial charge in [0.15, 0.2) is 0 Å². The van der Waals surface area contributed by atoms with Gasteiger partial charge >= 0.3 is 12.1 Å². The predicted molar refractivity (Wildman–Crippen MR) is 163 cm³/mol. The van der Waals surface area contributed by atoms with Crippen molar-refractivity contribution in [2.75, 3.05) is 65.2 Å². The van der Waals surface area contributed by atoms with Gasteiger partial charge in [0, 0.05) is 43.7 Å². The van der Waals surface area contributed by atoms with E-state index in [0.29, 0.717) is 70.4 Å². The van der Waals surface area contributed by atoms with Crippen molar-refractivity contribution < 1.29 is 38.1 Å². The molecule has 1 aliphatic carbocycles. The van der Waals surface area contributed by atoms with Crippen molar-refractivity contribution in [2.24, 2.45) is 0 Å². The SMILES string of the molecule is CCOC(=O)c1cnc2c(c1)C[C@@]1(C2)C(=O)Nc2ncc(/C=C/COCCOCCOCCN(C)C(=O)OC(C)(C)C)cc21. The van der Waals surface area contributed by atoms with Gasteiger partial charge < -0.3 is 33.9 Å². The van der Waals surface area contributed by atoms with Crippen molar-refractivity contribution in [3.8, 4) is 0 Å². The predicted octanol–water partition coefficient (Wildman–Crippen LogP) is 3.57. The molecule has 0 bridgehead atoms. The quantitative estimate of drug-likeness (QED) is 0.250. The molecule has 1 spiro atoms. The maximum atomic E-state index is 13.2. The number of ether oxygens (including phenoxy) is 5. The molecular formula is C32H42N4O8. The van der Waals surface area contributed by atoms with Crippen LogP contribution in [0.1, 0.15) is 60.4 Å². The molecule has 1 aliphatic heterocycles. The van der Waals surface area contributed by atoms with Crippen LogP contribution in [0, 0.1) is 0 Å². The third kappa shape index (κ3) is 8.40. The largest absolute Gasteiger partial charge is 0.462 e. The van der Waals surface area contributed by atoms with Crippen LogP contribution in [0.5, 0.6) is 0 Å². The van der Waals surface area contributed by atoms with Gasteiger partial charge in [0.25, 0.3) is 0 Å². The zero-order valence-electron chi connectivity index (χ0n) is 26.1. The minimum absolute atomic E-state index is 0.112. The molecule has 1 atom stereocenters. The van der Waals surface area contributed by atoms with Crippen LogP contribution in [-0.4, -0.2) is 98.3 Å². The van der Waals surface area contributed by atoms with Gasteiger partial charge in [0.05, 0.1) is 57.2 Å². The fourth-order valence-electron chi connectivity index (χ4n) is 5.00. The van der Waals surface area contributed by atoms with Crippen molar-refractivity contribution in [3.63, 3.8) is 0 Å². The number of aromatic nitrogens is 2. The van der Waals surface area contributed by atoms with Crippen molar-refractivity contribution in [3.05, 3.63) is 58.6 Å². The number of fused-ring (bicyclic) bond motifs is 3. The number of rotatable bonds is 14. The lowest BCUT2D eigenvalue weighted by Gasteiger charge is -2.24. The van der Waals surface area contributed by atoms with Gasteiger partial charge in [0.1, 0.15) is 11.4 Å². The number of hydrogen-bond donors (Lipinski definition) is 1. The summed E-state index contributed by atoms with van der Waals surface area (Å²) in [5.74, 6) is 0.0191. The van der Waals surface area contributed by atoms with Crippen LogP contribution in [0.25, 0.3) is 6.08 Å². The number of nitrogens with one attached hydrogen (secondary N) is 1. The van der Waals surface area contributed by atoms with Crippen LogP contribution in [-0.2, 0) is 46.7 Å². The van der Waals surface area contributed by atoms with Gasteiger partial charge in [-0.3, -0.25) is 9.78 Å². The molecular weight excluding hydrogens is 568 g/mol. The highest BCUT2D eigenvalue weighted by Crippen LogP contribution is 2.46. The lowest BCUT2D eigenvalue weighted by atomic mass is 9.79. The molecule has 2 amide bonds. The van der Waals surface area contributed by atoms with E-state index >= 15 is 0 Å². The second-order valence-electron chi connectivity index (χ2n) is 11.7. The van der Waals surface area contributed by atoms with E-state index in [9.17, 15) is 14.4 Å². The van der Waals surface area contributed by atoms with E-state index in [0.717, 1.165) is 22.4 Å². The summed E-state index contributed by atoms with van der Waals surface area (Å²) in [6.45, 7) is 10.4. The van der Waals surface area contributed by atoms with Crippen molar-refractivity contribution in [2.45, 2.75) is 51.6 Å². The van der Waals surface area contributed by atoms with Gasteiger partial charge in [-0.1, -0.05) is 12.2 Å². The Hall–Kier alpha value is -3.87. The molecule has 2 aromatic heterocycles. The number of likely N-dealkylation sites (N-methyl/N-ethyl adjacent to an activating group) is 1. The summed E-state index contributed by atoms with van der Waals surface area (Å²) in [6.07, 6.45) is 7.52. The minimum Gasteiger partial charge on any atom is -0.462 e. The minimum atomic E-state index is -0.805. The van der Waals surface area contributed by atoms with Crippen LogP contribution >= 0.6 is 0 Å². The number of pyridine rings is 2. The lowest BCUT2D eigenvalue weighted by Crippen LogP contribution is -2.36. The first-order valence-corrected chi connectivity index (χ1v) is 14.8. The van der Waals surface area contributed by atoms with Crippen LogP contribution < -0.4 is 5.32 Å². The number of carbonyl (C=O) groups excluding carboxylic acids is 3. The Labute approximate surface area is 258 Å². The first-order chi connectivity index (χ1) is 21.0. The summed E-state index contributed by atoms with van der Waals surface area (Å²) in [6, 6.07) is 3.75. The highest BCUT2D eigenvalue weighted by Gasteiger charge is 2.52. The van der Waals surface area contributed by atoms with E-state index in [-0.39, 0.29) is 18.6 Å². The van der Waals surface area contributed by atoms with Crippen LogP contribution in [0.15, 0.2) is 30.6 Å². The van der Waals surface area contributed by atoms with Crippen molar-refractivity contribution in [1.29, 1.82) is 0 Å². The first-order valence-electron chi connectivity index (χ1n) is 14.8. The van der Waals surface area contributed by atoms with E-state index in [1.165, 1.54) is 11.1 Å². The molecule has 4 rings (SSSR count). The van der Waals surface area contributed by atoms with Crippen LogP contribution in [0.2, 0.25) is 0 Å². The average molecular weight is 611 g/mol. The summed E-state index contributed by atoms with van der Waals surface area (Å²) in [4.78, 5) is 47.7. The van der Waals surface area contributed by atoms with E-state index < -0.39 is 17.0 Å². The molecule has 12 nitrogen and oxygen atoms in total. The van der Waals surface area contributed by atoms with E-state index in [1.54, 1.807) is 26.2 Å². The fraction of sp³-hybridized carbons (Fsp3) is 0.531. The molecule has 2 aliphatic rings. The van der Waals surface area contributed by atoms with Gasteiger partial charge in [-0.25, -0.2) is 14.6 Å². The highest BCUT2D eigenvalue weighted by atomic mass is 16.6. The molecule has 0 fully saturated rings. The Morgan fingerprint density at radius 1 is 1.02 bits per heavy atom. The molecule has 12 heteroatoms. The van der Waals surface area contributed by atoms with Gasteiger partial charge in [0.2, 0.25) is 5.91 Å². The number of esters is 1. The highest BCUT2D eigenvalue weighted by molar-refractivity contribution is 6.06. The van der Waals surface area contributed by atoms with Crippen molar-refractivity contribution in [1.82, 2.24) is 14.9 Å². The normalized spacial score (nSPS) is 17.1. The fourth-order valence-corrected chi connectivity index (χ4v) is 5.00. The number of anilines is 1. The third-order valence-corrected chi connectivity index (χ3v) is 7.17. The Balaban J connectivity index is 1.16. The maximum Gasteiger partial charge on any atom is 0.410 e. The summed E-state index contributed by atoms with van der Waals surface area (Å²) in [5, 5.41) is 2.92. The Kier molecular flexibility index (Phi) is 11.1. The van der Waals surface area contributed by atoms with Crippen LogP contribution in [0.4, 0.5) is 10.6 Å². The van der Waals surface area contributed by atoms with Gasteiger partial charge in [-0.2, -0.15) is 0 Å². The molecule has 0 saturated heterocycles. The Morgan fingerprint density at radius 3 is 2.48 bits per heavy atom. The average Bonchev–Trinajstić information content (AvgIpc) is 3.49. The standard InChI is InChI=1S/C32H42N4O8/c1-6-43-28(37)24-17-23-18-32(19-26(23)33-21-24)25-16-22(20-34-27(25)35-29(32)38)8-7-10-40-12-14-42-15-13-41-11-9-36(5)30(39)44-31(2,3)4/h7-8,16-17,20-21H,6,9-15,18-19H2,1-5H3,(H,34,35,38)/b8-7+/t32-/m0/s1.